The quantitative estimate of drug-likeness (QED) is 0.100. The van der Waals surface area contributed by atoms with E-state index in [4.69, 9.17) is 8.83 Å². The molecule has 0 bridgehead atoms. The molecular formula is C36H6F10N4O2. The Morgan fingerprint density at radius 2 is 0.712 bits per heavy atom. The average molecular weight is 716 g/mol. The first-order valence-corrected chi connectivity index (χ1v) is 14.1. The van der Waals surface area contributed by atoms with Crippen molar-refractivity contribution in [3.8, 4) is 46.5 Å². The minimum absolute atomic E-state index is 0.0819. The van der Waals surface area contributed by atoms with Crippen LogP contribution in [0.3, 0.4) is 0 Å². The molecule has 5 aromatic carbocycles. The second-order valence-corrected chi connectivity index (χ2v) is 10.9. The number of rotatable bonds is 2. The molecule has 252 valence electrons. The van der Waals surface area contributed by atoms with Crippen molar-refractivity contribution in [2.24, 2.45) is 0 Å². The van der Waals surface area contributed by atoms with Crippen molar-refractivity contribution in [1.82, 2.24) is 0 Å². The maximum atomic E-state index is 14.7. The predicted molar refractivity (Wildman–Crippen MR) is 160 cm³/mol. The summed E-state index contributed by atoms with van der Waals surface area (Å²) >= 11 is 0. The molecular weight excluding hydrogens is 710 g/mol. The van der Waals surface area contributed by atoms with Crippen molar-refractivity contribution in [3.63, 3.8) is 0 Å². The minimum Gasteiger partial charge on any atom is -0.455 e. The van der Waals surface area contributed by atoms with E-state index in [0.29, 0.717) is 0 Å². The normalized spacial score (nSPS) is 11.2. The third kappa shape index (κ3) is 4.35. The predicted octanol–water partition coefficient (Wildman–Crippen LogP) is 8.61. The van der Waals surface area contributed by atoms with Crippen molar-refractivity contribution in [2.45, 2.75) is 0 Å². The zero-order valence-corrected chi connectivity index (χ0v) is 24.8. The van der Waals surface area contributed by atoms with E-state index in [1.54, 1.807) is 24.3 Å². The highest BCUT2D eigenvalue weighted by Gasteiger charge is 2.30. The Morgan fingerprint density at radius 3 is 1.00 bits per heavy atom. The van der Waals surface area contributed by atoms with E-state index in [0.717, 1.165) is 36.4 Å². The summed E-state index contributed by atoms with van der Waals surface area (Å²) in [6.07, 6.45) is 0. The number of benzene rings is 5. The van der Waals surface area contributed by atoms with E-state index < -0.39 is 103 Å². The molecule has 0 aliphatic rings. The number of furan rings is 2. The van der Waals surface area contributed by atoms with Crippen LogP contribution in [-0.2, 0) is 0 Å². The van der Waals surface area contributed by atoms with E-state index in [-0.39, 0.29) is 43.1 Å². The third-order valence-corrected chi connectivity index (χ3v) is 8.28. The Morgan fingerprint density at radius 1 is 0.423 bits per heavy atom. The van der Waals surface area contributed by atoms with Gasteiger partial charge in [0.25, 0.3) is 0 Å². The Bertz CT molecular complexity index is 2840. The van der Waals surface area contributed by atoms with Gasteiger partial charge >= 0.3 is 0 Å². The molecule has 0 spiro atoms. The number of hydrogen-bond acceptors (Lipinski definition) is 6. The summed E-state index contributed by atoms with van der Waals surface area (Å²) in [6.45, 7) is 0. The standard InChI is InChI=1S/C36H6F10N4O2/c37-25-21(26(38)30(42)33(45)29(25)41)11-1-3-15-17(5-11)51-35-20(14(9-49)10-50)24-16-4-2-12(22-27(39)31(43)34(46)32(44)28(22)40)6-18(16)52-36(24)19(23(15)35)13(7-47)8-48/h1-6H. The number of nitriles is 4. The van der Waals surface area contributed by atoms with Crippen LogP contribution in [0, 0.1) is 103 Å². The van der Waals surface area contributed by atoms with Crippen LogP contribution in [0.1, 0.15) is 0 Å². The zero-order valence-electron chi connectivity index (χ0n) is 24.8. The van der Waals surface area contributed by atoms with Crippen molar-refractivity contribution in [2.75, 3.05) is 0 Å². The molecule has 7 rings (SSSR count). The molecule has 0 unspecified atom stereocenters. The number of hydrogen-bond donors (Lipinski definition) is 0. The lowest BCUT2D eigenvalue weighted by Crippen LogP contribution is -2.16. The smallest absolute Gasteiger partial charge is 0.200 e. The largest absolute Gasteiger partial charge is 0.455 e. The fourth-order valence-electron chi connectivity index (χ4n) is 6.05. The molecule has 0 aliphatic heterocycles. The van der Waals surface area contributed by atoms with Gasteiger partial charge in [-0.25, -0.2) is 43.9 Å². The summed E-state index contributed by atoms with van der Waals surface area (Å²) < 4.78 is 155. The third-order valence-electron chi connectivity index (χ3n) is 8.28. The Hall–Kier alpha value is -7.30. The van der Waals surface area contributed by atoms with Gasteiger partial charge in [-0.05, 0) is 35.4 Å². The lowest BCUT2D eigenvalue weighted by atomic mass is 9.96. The maximum Gasteiger partial charge on any atom is 0.200 e. The first-order valence-electron chi connectivity index (χ1n) is 14.1. The van der Waals surface area contributed by atoms with E-state index in [1.165, 1.54) is 0 Å². The molecule has 0 aliphatic carbocycles. The van der Waals surface area contributed by atoms with Crippen LogP contribution in [-0.4, -0.2) is 0 Å². The van der Waals surface area contributed by atoms with Crippen LogP contribution >= 0.6 is 0 Å². The SMILES string of the molecule is N#CC(C#N)=c1c2oc3cc(-c4c(F)c(F)c(F)c(F)c4F)ccc3c2c(=C(C#N)C#N)c2oc3cc(-c4c(F)c(F)c(F)c(F)c4F)ccc3c12. The van der Waals surface area contributed by atoms with E-state index in [9.17, 15) is 65.0 Å². The van der Waals surface area contributed by atoms with Gasteiger partial charge in [-0.2, -0.15) is 21.0 Å². The Kier molecular flexibility index (Phi) is 7.44. The van der Waals surface area contributed by atoms with Crippen molar-refractivity contribution >= 4 is 55.0 Å². The number of halogens is 10. The summed E-state index contributed by atoms with van der Waals surface area (Å²) in [5, 5.41) is 38.5. The highest BCUT2D eigenvalue weighted by atomic mass is 19.2. The van der Waals surface area contributed by atoms with Gasteiger partial charge in [0.1, 0.15) is 57.8 Å². The second-order valence-electron chi connectivity index (χ2n) is 10.9. The molecule has 16 heteroatoms. The highest BCUT2D eigenvalue weighted by molar-refractivity contribution is 6.18. The summed E-state index contributed by atoms with van der Waals surface area (Å²) in [5.74, 6) is -22.4. The number of fused-ring (bicyclic) bond motifs is 6. The highest BCUT2D eigenvalue weighted by Crippen LogP contribution is 2.39. The van der Waals surface area contributed by atoms with E-state index in [2.05, 4.69) is 0 Å². The van der Waals surface area contributed by atoms with Crippen molar-refractivity contribution in [1.29, 1.82) is 21.0 Å². The number of nitrogens with zero attached hydrogens (tertiary/aromatic N) is 4. The van der Waals surface area contributed by atoms with Crippen molar-refractivity contribution < 1.29 is 52.7 Å². The maximum absolute atomic E-state index is 14.7. The fraction of sp³-hybridized carbons (Fsp3) is 0. The molecule has 7 aromatic rings. The first-order chi connectivity index (χ1) is 24.8. The lowest BCUT2D eigenvalue weighted by molar-refractivity contribution is 0.381. The Labute approximate surface area is 280 Å². The molecule has 2 aromatic heterocycles. The van der Waals surface area contributed by atoms with Crippen LogP contribution in [0.2, 0.25) is 0 Å². The molecule has 52 heavy (non-hydrogen) atoms. The van der Waals surface area contributed by atoms with Gasteiger partial charge in [0.2, 0.25) is 11.6 Å². The van der Waals surface area contributed by atoms with Crippen molar-refractivity contribution in [3.05, 3.63) is 105 Å². The van der Waals surface area contributed by atoms with E-state index in [1.807, 2.05) is 0 Å². The molecule has 6 nitrogen and oxygen atoms in total. The molecule has 0 amide bonds. The Balaban J connectivity index is 1.68. The van der Waals surface area contributed by atoms with Gasteiger partial charge in [-0.15, -0.1) is 0 Å². The molecule has 0 saturated heterocycles. The molecule has 0 radical (unpaired) electrons. The van der Waals surface area contributed by atoms with Crippen LogP contribution in [0.4, 0.5) is 43.9 Å². The molecule has 0 N–H and O–H groups in total. The van der Waals surface area contributed by atoms with Crippen LogP contribution in [0.5, 0.6) is 0 Å². The summed E-state index contributed by atoms with van der Waals surface area (Å²) in [5.41, 5.74) is -6.68. The van der Waals surface area contributed by atoms with E-state index >= 15 is 0 Å². The van der Waals surface area contributed by atoms with Gasteiger partial charge in [0.15, 0.2) is 46.5 Å². The summed E-state index contributed by atoms with van der Waals surface area (Å²) in [4.78, 5) is 0. The summed E-state index contributed by atoms with van der Waals surface area (Å²) in [7, 11) is 0. The summed E-state index contributed by atoms with van der Waals surface area (Å²) in [6, 6.07) is 12.3. The first kappa shape index (κ1) is 33.2. The zero-order chi connectivity index (χ0) is 37.5. The van der Waals surface area contributed by atoms with Crippen LogP contribution in [0.15, 0.2) is 45.2 Å². The molecule has 0 saturated carbocycles. The minimum atomic E-state index is -2.40. The molecule has 0 atom stereocenters. The van der Waals surface area contributed by atoms with Gasteiger partial charge in [-0.3, -0.25) is 0 Å². The monoisotopic (exact) mass is 716 g/mol. The van der Waals surface area contributed by atoms with Crippen LogP contribution < -0.4 is 10.4 Å². The molecule has 2 heterocycles. The molecule has 0 fully saturated rings. The average Bonchev–Trinajstić information content (AvgIpc) is 3.71. The topological polar surface area (TPSA) is 121 Å². The van der Waals surface area contributed by atoms with Gasteiger partial charge in [-0.1, -0.05) is 12.1 Å². The van der Waals surface area contributed by atoms with Crippen LogP contribution in [0.25, 0.3) is 77.3 Å². The fourth-order valence-corrected chi connectivity index (χ4v) is 6.05. The van der Waals surface area contributed by atoms with Gasteiger partial charge in [0.05, 0.1) is 21.6 Å². The second kappa shape index (κ2) is 11.7. The van der Waals surface area contributed by atoms with Gasteiger partial charge in [0, 0.05) is 21.5 Å². The van der Waals surface area contributed by atoms with Gasteiger partial charge < -0.3 is 8.83 Å². The lowest BCUT2D eigenvalue weighted by Gasteiger charge is -2.08.